The Balaban J connectivity index is 0.872. The van der Waals surface area contributed by atoms with Crippen LogP contribution < -0.4 is 15.5 Å². The molecule has 57 heavy (non-hydrogen) atoms. The number of piperazine rings is 1. The number of hydrogen-bond acceptors (Lipinski definition) is 10. The Bertz CT molecular complexity index is 2440. The number of carbonyl (C=O) groups excluding carboxylic acids is 3. The summed E-state index contributed by atoms with van der Waals surface area (Å²) in [6, 6.07) is 24.8. The number of anilines is 1. The standard InChI is InChI=1S/C44H47N9O4/c1-26-22-31(12-15-34(26)27(2)46-41(56)42-48-43(51-57-42)44(3,4)5)38-36-23-32(25-45-39(36)50-49-38)29-10-13-33(14-11-29)53-20-18-52(19-21-53)17-16-28-6-8-30(9-7-28)35-24-37(54)47-40(35)55/h6-15,22-23,25,27,35H,16-21,24H2,1-5H3,(H,46,56)(H,45,49,50)(H,47,54,55)/t27-,35?/m1/s1. The molecule has 292 valence electrons. The SMILES string of the molecule is Cc1cc(-c2n[nH]c3ncc(-c4ccc(N5CCN(CCc6ccc(C7CC(=O)NC7=O)cc6)CC5)cc4)cc23)ccc1[C@@H](C)NC(=O)c1nc(C(C)(C)C)no1. The number of imide groups is 1. The molecular weight excluding hydrogens is 719 g/mol. The number of benzene rings is 3. The predicted octanol–water partition coefficient (Wildman–Crippen LogP) is 6.27. The van der Waals surface area contributed by atoms with E-state index in [1.807, 2.05) is 65.1 Å². The first-order chi connectivity index (χ1) is 27.4. The number of fused-ring (bicyclic) bond motifs is 1. The summed E-state index contributed by atoms with van der Waals surface area (Å²) in [5, 5.41) is 18.0. The van der Waals surface area contributed by atoms with Gasteiger partial charge in [-0.1, -0.05) is 74.5 Å². The number of aromatic amines is 1. The first kappa shape index (κ1) is 37.7. The largest absolute Gasteiger partial charge is 0.369 e. The lowest BCUT2D eigenvalue weighted by molar-refractivity contribution is -0.125. The van der Waals surface area contributed by atoms with Crippen molar-refractivity contribution < 1.29 is 18.9 Å². The Morgan fingerprint density at radius 2 is 1.68 bits per heavy atom. The number of carbonyl (C=O) groups is 3. The molecule has 13 heteroatoms. The molecule has 3 aromatic carbocycles. The first-order valence-electron chi connectivity index (χ1n) is 19.5. The van der Waals surface area contributed by atoms with E-state index in [9.17, 15) is 14.4 Å². The molecule has 0 aliphatic carbocycles. The van der Waals surface area contributed by atoms with Crippen molar-refractivity contribution in [2.45, 2.75) is 64.8 Å². The topological polar surface area (TPSA) is 162 Å². The number of amides is 3. The Morgan fingerprint density at radius 1 is 0.947 bits per heavy atom. The van der Waals surface area contributed by atoms with Crippen LogP contribution in [0.2, 0.25) is 0 Å². The Morgan fingerprint density at radius 3 is 2.35 bits per heavy atom. The zero-order valence-electron chi connectivity index (χ0n) is 32.9. The van der Waals surface area contributed by atoms with Gasteiger partial charge in [-0.2, -0.15) is 10.1 Å². The van der Waals surface area contributed by atoms with Gasteiger partial charge >= 0.3 is 11.8 Å². The summed E-state index contributed by atoms with van der Waals surface area (Å²) in [5.41, 5.74) is 9.57. The molecular formula is C44H47N9O4. The number of aromatic nitrogens is 5. The van der Waals surface area contributed by atoms with Crippen molar-refractivity contribution in [3.8, 4) is 22.4 Å². The molecule has 2 aliphatic rings. The summed E-state index contributed by atoms with van der Waals surface area (Å²) in [5.74, 6) is -0.747. The summed E-state index contributed by atoms with van der Waals surface area (Å²) in [7, 11) is 0. The maximum Gasteiger partial charge on any atom is 0.315 e. The van der Waals surface area contributed by atoms with Crippen LogP contribution in [0.4, 0.5) is 5.69 Å². The third-order valence-corrected chi connectivity index (χ3v) is 11.1. The minimum absolute atomic E-state index is 0.0492. The molecule has 3 amide bonds. The second-order valence-corrected chi connectivity index (χ2v) is 16.2. The normalized spacial score (nSPS) is 16.9. The van der Waals surface area contributed by atoms with E-state index in [0.29, 0.717) is 11.5 Å². The van der Waals surface area contributed by atoms with Crippen molar-refractivity contribution in [3.63, 3.8) is 0 Å². The maximum atomic E-state index is 12.9. The van der Waals surface area contributed by atoms with E-state index in [0.717, 1.165) is 83.6 Å². The summed E-state index contributed by atoms with van der Waals surface area (Å²) in [6.07, 6.45) is 3.05. The van der Waals surface area contributed by atoms with Crippen molar-refractivity contribution in [2.75, 3.05) is 37.6 Å². The van der Waals surface area contributed by atoms with Crippen LogP contribution in [0, 0.1) is 6.92 Å². The van der Waals surface area contributed by atoms with E-state index in [1.54, 1.807) is 0 Å². The van der Waals surface area contributed by atoms with E-state index >= 15 is 0 Å². The number of pyridine rings is 1. The minimum atomic E-state index is -0.410. The van der Waals surface area contributed by atoms with E-state index in [1.165, 1.54) is 11.3 Å². The molecule has 3 aromatic heterocycles. The van der Waals surface area contributed by atoms with Gasteiger partial charge in [-0.25, -0.2) is 4.98 Å². The fourth-order valence-electron chi connectivity index (χ4n) is 7.67. The highest BCUT2D eigenvalue weighted by Gasteiger charge is 2.31. The molecule has 3 N–H and O–H groups in total. The second-order valence-electron chi connectivity index (χ2n) is 16.2. The summed E-state index contributed by atoms with van der Waals surface area (Å²) < 4.78 is 5.24. The smallest absolute Gasteiger partial charge is 0.315 e. The first-order valence-corrected chi connectivity index (χ1v) is 19.5. The highest BCUT2D eigenvalue weighted by atomic mass is 16.5. The van der Waals surface area contributed by atoms with Crippen LogP contribution in [0.5, 0.6) is 0 Å². The fourth-order valence-corrected chi connectivity index (χ4v) is 7.67. The van der Waals surface area contributed by atoms with Crippen molar-refractivity contribution in [1.82, 2.24) is 40.9 Å². The number of aryl methyl sites for hydroxylation is 1. The predicted molar refractivity (Wildman–Crippen MR) is 218 cm³/mol. The molecule has 5 heterocycles. The van der Waals surface area contributed by atoms with Gasteiger partial charge in [0.05, 0.1) is 12.0 Å². The molecule has 8 rings (SSSR count). The molecule has 0 bridgehead atoms. The third-order valence-electron chi connectivity index (χ3n) is 11.1. The Hall–Kier alpha value is -6.21. The van der Waals surface area contributed by atoms with Crippen molar-refractivity contribution >= 4 is 34.4 Å². The van der Waals surface area contributed by atoms with Crippen molar-refractivity contribution in [2.24, 2.45) is 0 Å². The average Bonchev–Trinajstić information content (AvgIpc) is 3.96. The monoisotopic (exact) mass is 765 g/mol. The minimum Gasteiger partial charge on any atom is -0.369 e. The van der Waals surface area contributed by atoms with Gasteiger partial charge in [0.2, 0.25) is 11.8 Å². The van der Waals surface area contributed by atoms with Crippen LogP contribution >= 0.6 is 0 Å². The van der Waals surface area contributed by atoms with Crippen LogP contribution in [0.1, 0.15) is 84.8 Å². The van der Waals surface area contributed by atoms with E-state index in [4.69, 9.17) is 9.51 Å². The summed E-state index contributed by atoms with van der Waals surface area (Å²) in [4.78, 5) is 50.5. The molecule has 0 spiro atoms. The van der Waals surface area contributed by atoms with E-state index in [2.05, 4.69) is 89.3 Å². The van der Waals surface area contributed by atoms with Gasteiger partial charge in [0.1, 0.15) is 5.69 Å². The van der Waals surface area contributed by atoms with Gasteiger partial charge in [-0.3, -0.25) is 29.7 Å². The molecule has 2 atom stereocenters. The lowest BCUT2D eigenvalue weighted by atomic mass is 9.96. The lowest BCUT2D eigenvalue weighted by Crippen LogP contribution is -2.47. The van der Waals surface area contributed by atoms with E-state index in [-0.39, 0.29) is 41.5 Å². The fraction of sp³-hybridized carbons (Fsp3) is 0.341. The van der Waals surface area contributed by atoms with Gasteiger partial charge in [0.25, 0.3) is 0 Å². The number of hydrogen-bond donors (Lipinski definition) is 3. The van der Waals surface area contributed by atoms with Crippen LogP contribution in [0.15, 0.2) is 83.5 Å². The Kier molecular flexibility index (Phi) is 10.2. The van der Waals surface area contributed by atoms with Crippen LogP contribution in [-0.4, -0.2) is 80.7 Å². The average molecular weight is 766 g/mol. The van der Waals surface area contributed by atoms with Crippen molar-refractivity contribution in [3.05, 3.63) is 113 Å². The van der Waals surface area contributed by atoms with E-state index < -0.39 is 5.91 Å². The van der Waals surface area contributed by atoms with Gasteiger partial charge < -0.3 is 14.7 Å². The molecule has 13 nitrogen and oxygen atoms in total. The molecule has 0 saturated carbocycles. The van der Waals surface area contributed by atoms with Crippen LogP contribution in [0.3, 0.4) is 0 Å². The molecule has 2 saturated heterocycles. The van der Waals surface area contributed by atoms with Crippen LogP contribution in [-0.2, 0) is 21.4 Å². The second kappa shape index (κ2) is 15.4. The number of rotatable bonds is 10. The Labute approximate surface area is 331 Å². The summed E-state index contributed by atoms with van der Waals surface area (Å²) >= 11 is 0. The molecule has 6 aromatic rings. The molecule has 1 unspecified atom stereocenters. The van der Waals surface area contributed by atoms with Crippen molar-refractivity contribution in [1.29, 1.82) is 0 Å². The molecule has 2 aliphatic heterocycles. The zero-order valence-corrected chi connectivity index (χ0v) is 32.9. The number of nitrogens with zero attached hydrogens (tertiary/aromatic N) is 6. The quantitative estimate of drug-likeness (QED) is 0.136. The van der Waals surface area contributed by atoms with Crippen LogP contribution in [0.25, 0.3) is 33.4 Å². The maximum absolute atomic E-state index is 12.9. The molecule has 0 radical (unpaired) electrons. The third kappa shape index (κ3) is 8.06. The highest BCUT2D eigenvalue weighted by molar-refractivity contribution is 6.06. The highest BCUT2D eigenvalue weighted by Crippen LogP contribution is 2.32. The molecule has 2 fully saturated rings. The van der Waals surface area contributed by atoms with Gasteiger partial charge in [-0.15, -0.1) is 0 Å². The number of nitrogens with one attached hydrogen (secondary N) is 3. The lowest BCUT2D eigenvalue weighted by Gasteiger charge is -2.36. The van der Waals surface area contributed by atoms with Gasteiger partial charge in [0.15, 0.2) is 11.5 Å². The van der Waals surface area contributed by atoms with Gasteiger partial charge in [-0.05, 0) is 72.4 Å². The van der Waals surface area contributed by atoms with Gasteiger partial charge in [0, 0.05) is 73.0 Å². The number of H-pyrrole nitrogens is 1. The zero-order chi connectivity index (χ0) is 39.8. The summed E-state index contributed by atoms with van der Waals surface area (Å²) in [6.45, 7) is 14.7.